The van der Waals surface area contributed by atoms with Gasteiger partial charge in [-0.25, -0.2) is 0 Å². The first-order valence-electron chi connectivity index (χ1n) is 19.4. The van der Waals surface area contributed by atoms with Crippen molar-refractivity contribution in [3.63, 3.8) is 0 Å². The van der Waals surface area contributed by atoms with Crippen LogP contribution in [0, 0.1) is 0 Å². The summed E-state index contributed by atoms with van der Waals surface area (Å²) in [4.78, 5) is 2.48. The summed E-state index contributed by atoms with van der Waals surface area (Å²) in [5, 5.41) is 5.07. The Kier molecular flexibility index (Phi) is 8.04. The molecule has 0 N–H and O–H groups in total. The van der Waals surface area contributed by atoms with Crippen LogP contribution in [-0.2, 0) is 0 Å². The predicted octanol–water partition coefficient (Wildman–Crippen LogP) is 15.6. The first-order chi connectivity index (χ1) is 28.3. The van der Waals surface area contributed by atoms with Crippen LogP contribution in [0.1, 0.15) is 0 Å². The number of hydrogen-bond acceptors (Lipinski definition) is 2. The molecule has 3 heteroatoms. The van der Waals surface area contributed by atoms with E-state index in [9.17, 15) is 0 Å². The molecule has 0 aliphatic rings. The van der Waals surface area contributed by atoms with E-state index in [4.69, 9.17) is 0 Å². The normalized spacial score (nSPS) is 11.5. The summed E-state index contributed by atoms with van der Waals surface area (Å²) >= 11 is 1.88. The zero-order valence-electron chi connectivity index (χ0n) is 31.1. The maximum absolute atomic E-state index is 2.48. The highest BCUT2D eigenvalue weighted by molar-refractivity contribution is 7.26. The van der Waals surface area contributed by atoms with E-state index in [1.807, 2.05) is 11.3 Å². The van der Waals surface area contributed by atoms with Gasteiger partial charge >= 0.3 is 0 Å². The molecule has 0 atom stereocenters. The highest BCUT2D eigenvalue weighted by Gasteiger charge is 2.23. The van der Waals surface area contributed by atoms with Crippen molar-refractivity contribution < 1.29 is 0 Å². The monoisotopic (exact) mass is 744 g/mol. The van der Waals surface area contributed by atoms with Gasteiger partial charge in [-0.2, -0.15) is 0 Å². The van der Waals surface area contributed by atoms with E-state index in [0.717, 1.165) is 28.3 Å². The standard InChI is InChI=1S/C54H36N2S/c1-3-16-37(17-4-1)38-30-32-39(33-31-38)42-20-7-11-26-49(42)56(41-34-35-45-43-21-8-12-27-50(43)55(52(45)36-41)40-18-5-2-6-19-40)51-28-13-9-22-44(51)47-24-15-25-48-46-23-10-14-29-53(46)57-54(47)48/h1-36H. The van der Waals surface area contributed by atoms with Crippen LogP contribution in [0.15, 0.2) is 218 Å². The molecule has 0 amide bonds. The molecule has 0 unspecified atom stereocenters. The van der Waals surface area contributed by atoms with Crippen molar-refractivity contribution in [3.05, 3.63) is 218 Å². The lowest BCUT2D eigenvalue weighted by Gasteiger charge is -2.30. The van der Waals surface area contributed by atoms with Crippen LogP contribution >= 0.6 is 11.3 Å². The predicted molar refractivity (Wildman–Crippen MR) is 245 cm³/mol. The number of aromatic nitrogens is 1. The fourth-order valence-corrected chi connectivity index (χ4v) is 9.83. The summed E-state index contributed by atoms with van der Waals surface area (Å²) in [5.41, 5.74) is 14.0. The van der Waals surface area contributed by atoms with Crippen molar-refractivity contribution >= 4 is 70.4 Å². The van der Waals surface area contributed by atoms with Crippen molar-refractivity contribution in [2.24, 2.45) is 0 Å². The molecule has 57 heavy (non-hydrogen) atoms. The van der Waals surface area contributed by atoms with Crippen LogP contribution in [0.4, 0.5) is 17.1 Å². The quantitative estimate of drug-likeness (QED) is 0.158. The molecule has 2 nitrogen and oxygen atoms in total. The Morgan fingerprint density at radius 2 is 0.912 bits per heavy atom. The molecule has 0 bridgehead atoms. The van der Waals surface area contributed by atoms with Crippen molar-refractivity contribution in [1.29, 1.82) is 0 Å². The minimum atomic E-state index is 1.09. The molecule has 0 fully saturated rings. The van der Waals surface area contributed by atoms with Crippen LogP contribution in [-0.4, -0.2) is 4.57 Å². The molecule has 0 saturated carbocycles. The van der Waals surface area contributed by atoms with Crippen LogP contribution in [0.5, 0.6) is 0 Å². The van der Waals surface area contributed by atoms with Gasteiger partial charge in [0.15, 0.2) is 0 Å². The van der Waals surface area contributed by atoms with E-state index in [0.29, 0.717) is 0 Å². The van der Waals surface area contributed by atoms with Gasteiger partial charge in [0.25, 0.3) is 0 Å². The van der Waals surface area contributed by atoms with E-state index in [1.165, 1.54) is 69.8 Å². The minimum absolute atomic E-state index is 1.09. The van der Waals surface area contributed by atoms with Crippen LogP contribution < -0.4 is 4.90 Å². The molecular formula is C54H36N2S. The van der Waals surface area contributed by atoms with E-state index in [2.05, 4.69) is 228 Å². The Morgan fingerprint density at radius 3 is 1.72 bits per heavy atom. The van der Waals surface area contributed by atoms with Gasteiger partial charge in [-0.05, 0) is 65.2 Å². The zero-order chi connectivity index (χ0) is 37.7. The average Bonchev–Trinajstić information content (AvgIpc) is 3.83. The summed E-state index contributed by atoms with van der Waals surface area (Å²) in [7, 11) is 0. The lowest BCUT2D eigenvalue weighted by molar-refractivity contribution is 1.18. The highest BCUT2D eigenvalue weighted by Crippen LogP contribution is 2.48. The number of anilines is 3. The van der Waals surface area contributed by atoms with Crippen LogP contribution in [0.3, 0.4) is 0 Å². The first kappa shape index (κ1) is 33.2. The topological polar surface area (TPSA) is 8.17 Å². The Morgan fingerprint density at radius 1 is 0.351 bits per heavy atom. The summed E-state index contributed by atoms with van der Waals surface area (Å²) in [6.45, 7) is 0. The third-order valence-corrected chi connectivity index (χ3v) is 12.4. The van der Waals surface area contributed by atoms with Gasteiger partial charge in [0.2, 0.25) is 0 Å². The largest absolute Gasteiger partial charge is 0.309 e. The molecule has 11 rings (SSSR count). The molecular weight excluding hydrogens is 709 g/mol. The lowest BCUT2D eigenvalue weighted by atomic mass is 9.96. The smallest absolute Gasteiger partial charge is 0.0561 e. The van der Waals surface area contributed by atoms with Gasteiger partial charge in [0, 0.05) is 59.0 Å². The van der Waals surface area contributed by atoms with E-state index < -0.39 is 0 Å². The van der Waals surface area contributed by atoms with Crippen molar-refractivity contribution in [2.45, 2.75) is 0 Å². The fourth-order valence-electron chi connectivity index (χ4n) is 8.60. The Labute approximate surface area is 335 Å². The second kappa shape index (κ2) is 13.8. The number of nitrogens with zero attached hydrogens (tertiary/aromatic N) is 2. The minimum Gasteiger partial charge on any atom is -0.309 e. The fraction of sp³-hybridized carbons (Fsp3) is 0. The molecule has 0 aliphatic carbocycles. The zero-order valence-corrected chi connectivity index (χ0v) is 31.9. The lowest BCUT2D eigenvalue weighted by Crippen LogP contribution is -2.12. The molecule has 2 heterocycles. The number of fused-ring (bicyclic) bond motifs is 6. The number of rotatable bonds is 7. The van der Waals surface area contributed by atoms with Crippen LogP contribution in [0.25, 0.3) is 81.0 Å². The van der Waals surface area contributed by atoms with Gasteiger partial charge in [-0.3, -0.25) is 0 Å². The SMILES string of the molecule is c1ccc(-c2ccc(-c3ccccc3N(c3ccc4c5ccccc5n(-c5ccccc5)c4c3)c3ccccc3-c3cccc4c3sc3ccccc34)cc2)cc1. The summed E-state index contributed by atoms with van der Waals surface area (Å²) < 4.78 is 5.01. The molecule has 0 aliphatic heterocycles. The number of thiophene rings is 1. The molecule has 9 aromatic carbocycles. The van der Waals surface area contributed by atoms with Gasteiger partial charge in [-0.15, -0.1) is 11.3 Å². The van der Waals surface area contributed by atoms with Gasteiger partial charge < -0.3 is 9.47 Å². The molecule has 2 aromatic heterocycles. The summed E-state index contributed by atoms with van der Waals surface area (Å²) in [6.07, 6.45) is 0. The molecule has 0 saturated heterocycles. The molecule has 0 spiro atoms. The third kappa shape index (κ3) is 5.63. The third-order valence-electron chi connectivity index (χ3n) is 11.2. The number of benzene rings is 9. The van der Waals surface area contributed by atoms with Gasteiger partial charge in [-0.1, -0.05) is 170 Å². The Balaban J connectivity index is 1.17. The molecule has 11 aromatic rings. The summed E-state index contributed by atoms with van der Waals surface area (Å²) in [6, 6.07) is 79.4. The van der Waals surface area contributed by atoms with E-state index in [-0.39, 0.29) is 0 Å². The molecule has 0 radical (unpaired) electrons. The average molecular weight is 745 g/mol. The van der Waals surface area contributed by atoms with Gasteiger partial charge in [0.05, 0.1) is 22.4 Å². The Bertz CT molecular complexity index is 3230. The number of hydrogen-bond donors (Lipinski definition) is 0. The van der Waals surface area contributed by atoms with E-state index >= 15 is 0 Å². The molecule has 268 valence electrons. The van der Waals surface area contributed by atoms with Crippen LogP contribution in [0.2, 0.25) is 0 Å². The maximum atomic E-state index is 2.48. The number of para-hydroxylation sites is 4. The van der Waals surface area contributed by atoms with Crippen molar-refractivity contribution in [3.8, 4) is 39.1 Å². The van der Waals surface area contributed by atoms with Crippen molar-refractivity contribution in [1.82, 2.24) is 4.57 Å². The summed E-state index contributed by atoms with van der Waals surface area (Å²) in [5.74, 6) is 0. The van der Waals surface area contributed by atoms with Crippen molar-refractivity contribution in [2.75, 3.05) is 4.90 Å². The second-order valence-corrected chi connectivity index (χ2v) is 15.5. The Hall–Kier alpha value is -7.20. The van der Waals surface area contributed by atoms with E-state index in [1.54, 1.807) is 0 Å². The van der Waals surface area contributed by atoms with Gasteiger partial charge in [0.1, 0.15) is 0 Å². The first-order valence-corrected chi connectivity index (χ1v) is 20.3. The highest BCUT2D eigenvalue weighted by atomic mass is 32.1. The maximum Gasteiger partial charge on any atom is 0.0561 e. The second-order valence-electron chi connectivity index (χ2n) is 14.5.